The minimum Gasteiger partial charge on any atom is -0.397 e. The molecular formula is C12H13ClFN3. The standard InChI is InChI=1S/C12H13ClFN3/c1-2-3-12-16-4-5-17(12)11-6-8(13)9(14)7-10(11)15/h4-7H,2-3,15H2,1H3. The molecule has 2 rings (SSSR count). The molecule has 2 aromatic rings. The highest BCUT2D eigenvalue weighted by atomic mass is 35.5. The van der Waals surface area contributed by atoms with Gasteiger partial charge >= 0.3 is 0 Å². The molecule has 0 bridgehead atoms. The maximum atomic E-state index is 13.2. The lowest BCUT2D eigenvalue weighted by Gasteiger charge is -2.11. The van der Waals surface area contributed by atoms with Gasteiger partial charge in [-0.25, -0.2) is 9.37 Å². The lowest BCUT2D eigenvalue weighted by atomic mass is 10.2. The highest BCUT2D eigenvalue weighted by molar-refractivity contribution is 6.31. The van der Waals surface area contributed by atoms with Gasteiger partial charge in [0.05, 0.1) is 16.4 Å². The van der Waals surface area contributed by atoms with E-state index in [-0.39, 0.29) is 5.02 Å². The van der Waals surface area contributed by atoms with Crippen molar-refractivity contribution in [3.05, 3.63) is 41.2 Å². The number of hydrogen-bond donors (Lipinski definition) is 1. The molecule has 0 atom stereocenters. The number of nitrogens with two attached hydrogens (primary N) is 1. The van der Waals surface area contributed by atoms with E-state index in [4.69, 9.17) is 17.3 Å². The van der Waals surface area contributed by atoms with E-state index in [0.717, 1.165) is 18.7 Å². The van der Waals surface area contributed by atoms with Crippen LogP contribution >= 0.6 is 11.6 Å². The van der Waals surface area contributed by atoms with E-state index in [1.54, 1.807) is 12.4 Å². The Labute approximate surface area is 104 Å². The fourth-order valence-corrected chi connectivity index (χ4v) is 1.88. The first-order valence-corrected chi connectivity index (χ1v) is 5.78. The summed E-state index contributed by atoms with van der Waals surface area (Å²) in [6, 6.07) is 2.75. The molecule has 0 fully saturated rings. The molecule has 0 aliphatic heterocycles. The molecule has 0 aliphatic carbocycles. The predicted molar refractivity (Wildman–Crippen MR) is 66.9 cm³/mol. The van der Waals surface area contributed by atoms with Crippen LogP contribution in [0.3, 0.4) is 0 Å². The van der Waals surface area contributed by atoms with E-state index in [9.17, 15) is 4.39 Å². The first-order chi connectivity index (χ1) is 8.13. The number of anilines is 1. The molecule has 0 saturated carbocycles. The van der Waals surface area contributed by atoms with Crippen molar-refractivity contribution in [3.8, 4) is 5.69 Å². The second-order valence-corrected chi connectivity index (χ2v) is 4.20. The quantitative estimate of drug-likeness (QED) is 0.854. The summed E-state index contributed by atoms with van der Waals surface area (Å²) in [5, 5.41) is 0.0605. The van der Waals surface area contributed by atoms with Crippen molar-refractivity contribution in [1.82, 2.24) is 9.55 Å². The number of halogens is 2. The summed E-state index contributed by atoms with van der Waals surface area (Å²) < 4.78 is 15.1. The van der Waals surface area contributed by atoms with Crippen molar-refractivity contribution in [2.45, 2.75) is 19.8 Å². The monoisotopic (exact) mass is 253 g/mol. The Morgan fingerprint density at radius 2 is 2.24 bits per heavy atom. The molecule has 1 heterocycles. The van der Waals surface area contributed by atoms with Crippen LogP contribution in [0.2, 0.25) is 5.02 Å². The zero-order chi connectivity index (χ0) is 12.4. The molecule has 1 aromatic carbocycles. The number of imidazole rings is 1. The molecule has 2 N–H and O–H groups in total. The Hall–Kier alpha value is -1.55. The molecule has 0 radical (unpaired) electrons. The Bertz CT molecular complexity index is 537. The fourth-order valence-electron chi connectivity index (χ4n) is 1.72. The molecule has 3 nitrogen and oxygen atoms in total. The maximum absolute atomic E-state index is 13.2. The van der Waals surface area contributed by atoms with Crippen molar-refractivity contribution < 1.29 is 4.39 Å². The Kier molecular flexibility index (Phi) is 3.33. The second kappa shape index (κ2) is 4.75. The maximum Gasteiger partial charge on any atom is 0.143 e. The molecule has 0 amide bonds. The normalized spacial score (nSPS) is 10.8. The predicted octanol–water partition coefficient (Wildman–Crippen LogP) is 3.20. The Morgan fingerprint density at radius 3 is 2.94 bits per heavy atom. The molecule has 90 valence electrons. The summed E-state index contributed by atoms with van der Waals surface area (Å²) >= 11 is 5.77. The Morgan fingerprint density at radius 1 is 1.47 bits per heavy atom. The topological polar surface area (TPSA) is 43.8 Å². The third kappa shape index (κ3) is 2.26. The summed E-state index contributed by atoms with van der Waals surface area (Å²) in [7, 11) is 0. The van der Waals surface area contributed by atoms with Gasteiger partial charge in [0, 0.05) is 24.9 Å². The van der Waals surface area contributed by atoms with Crippen LogP contribution in [0.5, 0.6) is 0 Å². The van der Waals surface area contributed by atoms with Gasteiger partial charge in [-0.15, -0.1) is 0 Å². The molecular weight excluding hydrogens is 241 g/mol. The zero-order valence-corrected chi connectivity index (χ0v) is 10.2. The van der Waals surface area contributed by atoms with E-state index < -0.39 is 5.82 Å². The van der Waals surface area contributed by atoms with E-state index in [1.165, 1.54) is 12.1 Å². The van der Waals surface area contributed by atoms with E-state index in [2.05, 4.69) is 11.9 Å². The number of nitrogen functional groups attached to an aromatic ring is 1. The van der Waals surface area contributed by atoms with Crippen molar-refractivity contribution >= 4 is 17.3 Å². The van der Waals surface area contributed by atoms with Crippen LogP contribution < -0.4 is 5.73 Å². The average molecular weight is 254 g/mol. The van der Waals surface area contributed by atoms with E-state index in [0.29, 0.717) is 11.4 Å². The van der Waals surface area contributed by atoms with E-state index in [1.807, 2.05) is 4.57 Å². The van der Waals surface area contributed by atoms with Crippen LogP contribution in [0.15, 0.2) is 24.5 Å². The summed E-state index contributed by atoms with van der Waals surface area (Å²) in [6.07, 6.45) is 5.31. The van der Waals surface area contributed by atoms with Crippen molar-refractivity contribution in [2.24, 2.45) is 0 Å². The minimum absolute atomic E-state index is 0.0605. The van der Waals surface area contributed by atoms with Crippen LogP contribution in [0.4, 0.5) is 10.1 Å². The number of aromatic nitrogens is 2. The van der Waals surface area contributed by atoms with Gasteiger partial charge in [0.25, 0.3) is 0 Å². The number of hydrogen-bond acceptors (Lipinski definition) is 2. The summed E-state index contributed by atoms with van der Waals surface area (Å²) in [6.45, 7) is 2.07. The van der Waals surface area contributed by atoms with Crippen LogP contribution in [0.1, 0.15) is 19.2 Å². The summed E-state index contributed by atoms with van der Waals surface area (Å²) in [4.78, 5) is 4.25. The number of benzene rings is 1. The zero-order valence-electron chi connectivity index (χ0n) is 9.45. The largest absolute Gasteiger partial charge is 0.397 e. The van der Waals surface area contributed by atoms with E-state index >= 15 is 0 Å². The summed E-state index contributed by atoms with van der Waals surface area (Å²) in [5.41, 5.74) is 6.81. The molecule has 0 saturated heterocycles. The first kappa shape index (κ1) is 11.9. The molecule has 5 heteroatoms. The lowest BCUT2D eigenvalue weighted by Crippen LogP contribution is -2.04. The van der Waals surface area contributed by atoms with Crippen LogP contribution in [0, 0.1) is 5.82 Å². The highest BCUT2D eigenvalue weighted by Gasteiger charge is 2.10. The van der Waals surface area contributed by atoms with Crippen LogP contribution in [0.25, 0.3) is 5.69 Å². The third-order valence-electron chi connectivity index (χ3n) is 2.52. The first-order valence-electron chi connectivity index (χ1n) is 5.40. The van der Waals surface area contributed by atoms with Gasteiger partial charge in [-0.1, -0.05) is 18.5 Å². The molecule has 0 spiro atoms. The summed E-state index contributed by atoms with van der Waals surface area (Å²) in [5.74, 6) is 0.381. The Balaban J connectivity index is 2.52. The average Bonchev–Trinajstić information content (AvgIpc) is 2.72. The third-order valence-corrected chi connectivity index (χ3v) is 2.81. The molecule has 0 unspecified atom stereocenters. The van der Waals surface area contributed by atoms with Crippen molar-refractivity contribution in [2.75, 3.05) is 5.73 Å². The number of nitrogens with zero attached hydrogens (tertiary/aromatic N) is 2. The van der Waals surface area contributed by atoms with Gasteiger partial charge in [-0.3, -0.25) is 0 Å². The van der Waals surface area contributed by atoms with Crippen LogP contribution in [-0.4, -0.2) is 9.55 Å². The van der Waals surface area contributed by atoms with Crippen LogP contribution in [-0.2, 0) is 6.42 Å². The van der Waals surface area contributed by atoms with Crippen molar-refractivity contribution in [3.63, 3.8) is 0 Å². The highest BCUT2D eigenvalue weighted by Crippen LogP contribution is 2.26. The van der Waals surface area contributed by atoms with Gasteiger partial charge in [0.2, 0.25) is 0 Å². The lowest BCUT2D eigenvalue weighted by molar-refractivity contribution is 0.628. The smallest absolute Gasteiger partial charge is 0.143 e. The SMILES string of the molecule is CCCc1nccn1-c1cc(Cl)c(F)cc1N. The van der Waals surface area contributed by atoms with Gasteiger partial charge in [0.1, 0.15) is 11.6 Å². The number of rotatable bonds is 3. The minimum atomic E-state index is -0.509. The second-order valence-electron chi connectivity index (χ2n) is 3.79. The van der Waals surface area contributed by atoms with Gasteiger partial charge in [-0.2, -0.15) is 0 Å². The molecule has 0 aliphatic rings. The number of aryl methyl sites for hydroxylation is 1. The van der Waals surface area contributed by atoms with Gasteiger partial charge < -0.3 is 10.3 Å². The molecule has 1 aromatic heterocycles. The van der Waals surface area contributed by atoms with Crippen molar-refractivity contribution in [1.29, 1.82) is 0 Å². The van der Waals surface area contributed by atoms with Gasteiger partial charge in [0.15, 0.2) is 0 Å². The fraction of sp³-hybridized carbons (Fsp3) is 0.250. The van der Waals surface area contributed by atoms with Gasteiger partial charge in [-0.05, 0) is 12.5 Å². The molecule has 17 heavy (non-hydrogen) atoms.